The molecule has 6 nitrogen and oxygen atoms in total. The average Bonchev–Trinajstić information content (AvgIpc) is 2.28. The van der Waals surface area contributed by atoms with Gasteiger partial charge in [0.05, 0.1) is 17.1 Å². The second-order valence-electron chi connectivity index (χ2n) is 4.31. The fourth-order valence-electron chi connectivity index (χ4n) is 1.36. The molecule has 1 unspecified atom stereocenters. The number of aliphatic hydroxyl groups excluding tert-OH is 1. The van der Waals surface area contributed by atoms with Crippen LogP contribution >= 0.6 is 0 Å². The van der Waals surface area contributed by atoms with Gasteiger partial charge in [0.15, 0.2) is 0 Å². The molecular formula is C11H17N3O3. The number of nitrogens with one attached hydrogen (secondary N) is 1. The first-order chi connectivity index (χ1) is 7.91. The Morgan fingerprint density at radius 2 is 2.29 bits per heavy atom. The van der Waals surface area contributed by atoms with Crippen LogP contribution in [-0.2, 0) is 0 Å². The molecule has 1 heterocycles. The van der Waals surface area contributed by atoms with Crippen LogP contribution in [-0.4, -0.2) is 27.2 Å². The Bertz CT molecular complexity index is 416. The van der Waals surface area contributed by atoms with Gasteiger partial charge >= 0.3 is 0 Å². The lowest BCUT2D eigenvalue weighted by Gasteiger charge is -2.27. The van der Waals surface area contributed by atoms with E-state index in [1.165, 1.54) is 6.20 Å². The Labute approximate surface area is 99.8 Å². The quantitative estimate of drug-likeness (QED) is 0.605. The van der Waals surface area contributed by atoms with Crippen molar-refractivity contribution in [2.75, 3.05) is 11.9 Å². The molecule has 0 fully saturated rings. The molecular weight excluding hydrogens is 222 g/mol. The third-order valence-electron chi connectivity index (χ3n) is 2.84. The number of aryl methyl sites for hydroxylation is 1. The molecule has 17 heavy (non-hydrogen) atoms. The van der Waals surface area contributed by atoms with Crippen molar-refractivity contribution in [3.63, 3.8) is 0 Å². The third kappa shape index (κ3) is 3.13. The molecule has 1 aromatic heterocycles. The van der Waals surface area contributed by atoms with Crippen molar-refractivity contribution in [3.8, 4) is 0 Å². The summed E-state index contributed by atoms with van der Waals surface area (Å²) in [5, 5.41) is 23.0. The van der Waals surface area contributed by atoms with Crippen molar-refractivity contribution in [2.45, 2.75) is 32.7 Å². The molecule has 1 rings (SSSR count). The van der Waals surface area contributed by atoms with Crippen molar-refractivity contribution in [2.24, 2.45) is 0 Å². The van der Waals surface area contributed by atoms with E-state index in [2.05, 4.69) is 10.3 Å². The zero-order chi connectivity index (χ0) is 13.1. The third-order valence-corrected chi connectivity index (χ3v) is 2.84. The van der Waals surface area contributed by atoms with E-state index in [4.69, 9.17) is 0 Å². The molecule has 0 saturated carbocycles. The summed E-state index contributed by atoms with van der Waals surface area (Å²) in [5.41, 5.74) is 0.0805. The predicted octanol–water partition coefficient (Wildman–Crippen LogP) is 1.87. The van der Waals surface area contributed by atoms with Crippen LogP contribution in [0.4, 0.5) is 11.5 Å². The van der Waals surface area contributed by atoms with Gasteiger partial charge in [0.1, 0.15) is 12.0 Å². The minimum absolute atomic E-state index is 0.00208. The van der Waals surface area contributed by atoms with Crippen molar-refractivity contribution < 1.29 is 10.0 Å². The zero-order valence-electron chi connectivity index (χ0n) is 10.2. The van der Waals surface area contributed by atoms with Crippen molar-refractivity contribution in [3.05, 3.63) is 27.9 Å². The van der Waals surface area contributed by atoms with Crippen LogP contribution in [0.2, 0.25) is 0 Å². The van der Waals surface area contributed by atoms with Crippen LogP contribution in [0.25, 0.3) is 0 Å². The summed E-state index contributed by atoms with van der Waals surface area (Å²) in [6.07, 6.45) is 1.95. The Morgan fingerprint density at radius 1 is 1.65 bits per heavy atom. The van der Waals surface area contributed by atoms with Crippen LogP contribution in [0.3, 0.4) is 0 Å². The van der Waals surface area contributed by atoms with Gasteiger partial charge in [0.25, 0.3) is 5.69 Å². The molecule has 94 valence electrons. The Kier molecular flexibility index (Phi) is 4.01. The largest absolute Gasteiger partial charge is 0.394 e. The number of aromatic nitrogens is 1. The highest BCUT2D eigenvalue weighted by atomic mass is 16.6. The smallest absolute Gasteiger partial charge is 0.290 e. The fourth-order valence-corrected chi connectivity index (χ4v) is 1.36. The monoisotopic (exact) mass is 239 g/mol. The number of nitrogens with zero attached hydrogens (tertiary/aromatic N) is 2. The van der Waals surface area contributed by atoms with Gasteiger partial charge in [-0.25, -0.2) is 4.98 Å². The average molecular weight is 239 g/mol. The molecule has 0 amide bonds. The van der Waals surface area contributed by atoms with E-state index in [9.17, 15) is 15.2 Å². The van der Waals surface area contributed by atoms with Crippen LogP contribution in [0.15, 0.2) is 12.3 Å². The van der Waals surface area contributed by atoms with Crippen LogP contribution in [0.1, 0.15) is 25.8 Å². The molecule has 0 saturated heterocycles. The maximum absolute atomic E-state index is 10.6. The van der Waals surface area contributed by atoms with E-state index in [0.717, 1.165) is 6.42 Å². The summed E-state index contributed by atoms with van der Waals surface area (Å²) >= 11 is 0. The molecule has 0 radical (unpaired) electrons. The summed E-state index contributed by atoms with van der Waals surface area (Å²) in [4.78, 5) is 14.2. The zero-order valence-corrected chi connectivity index (χ0v) is 10.2. The topological polar surface area (TPSA) is 88.3 Å². The molecule has 6 heteroatoms. The highest BCUT2D eigenvalue weighted by Gasteiger charge is 2.22. The van der Waals surface area contributed by atoms with E-state index in [-0.39, 0.29) is 12.3 Å². The summed E-state index contributed by atoms with van der Waals surface area (Å²) in [6, 6.07) is 1.61. The second kappa shape index (κ2) is 5.09. The molecule has 0 aliphatic rings. The fraction of sp³-hybridized carbons (Fsp3) is 0.545. The molecule has 0 aromatic carbocycles. The Morgan fingerprint density at radius 3 is 2.71 bits per heavy atom. The number of rotatable bonds is 5. The summed E-state index contributed by atoms with van der Waals surface area (Å²) in [5.74, 6) is 0.534. The summed E-state index contributed by atoms with van der Waals surface area (Å²) in [6.45, 7) is 5.45. The lowest BCUT2D eigenvalue weighted by Crippen LogP contribution is -2.38. The Balaban J connectivity index is 2.95. The van der Waals surface area contributed by atoms with Crippen LogP contribution in [0, 0.1) is 17.0 Å². The minimum Gasteiger partial charge on any atom is -0.394 e. The summed E-state index contributed by atoms with van der Waals surface area (Å²) < 4.78 is 0. The Hall–Kier alpha value is -1.69. The number of aliphatic hydroxyl groups is 1. The second-order valence-corrected chi connectivity index (χ2v) is 4.31. The molecule has 1 aromatic rings. The molecule has 0 spiro atoms. The van der Waals surface area contributed by atoms with Gasteiger partial charge in [-0.2, -0.15) is 0 Å². The number of pyridine rings is 1. The number of anilines is 1. The lowest BCUT2D eigenvalue weighted by molar-refractivity contribution is -0.385. The minimum atomic E-state index is -0.463. The molecule has 0 aliphatic heterocycles. The maximum atomic E-state index is 10.6. The van der Waals surface area contributed by atoms with Gasteiger partial charge in [0.2, 0.25) is 0 Å². The van der Waals surface area contributed by atoms with Crippen molar-refractivity contribution >= 4 is 11.5 Å². The standard InChI is InChI=1S/C11H17N3O3/c1-4-11(3,7-15)13-10-5-8(2)9(6-12-10)14(16)17/h5-6,15H,4,7H2,1-3H3,(H,12,13). The SMILES string of the molecule is CCC(C)(CO)Nc1cc(C)c([N+](=O)[O-])cn1. The molecule has 2 N–H and O–H groups in total. The first-order valence-electron chi connectivity index (χ1n) is 5.42. The number of hydrogen-bond donors (Lipinski definition) is 2. The normalized spacial score (nSPS) is 14.1. The first kappa shape index (κ1) is 13.4. The van der Waals surface area contributed by atoms with Gasteiger partial charge in [-0.05, 0) is 26.3 Å². The van der Waals surface area contributed by atoms with E-state index >= 15 is 0 Å². The molecule has 0 aliphatic carbocycles. The van der Waals surface area contributed by atoms with E-state index < -0.39 is 10.5 Å². The lowest BCUT2D eigenvalue weighted by atomic mass is 10.0. The van der Waals surface area contributed by atoms with Crippen molar-refractivity contribution in [1.82, 2.24) is 4.98 Å². The van der Waals surface area contributed by atoms with Gasteiger partial charge in [-0.3, -0.25) is 10.1 Å². The van der Waals surface area contributed by atoms with Gasteiger partial charge in [0, 0.05) is 5.56 Å². The van der Waals surface area contributed by atoms with E-state index in [0.29, 0.717) is 11.4 Å². The molecule has 1 atom stereocenters. The predicted molar refractivity (Wildman–Crippen MR) is 65.0 cm³/mol. The van der Waals surface area contributed by atoms with Gasteiger partial charge in [-0.1, -0.05) is 6.92 Å². The molecule has 0 bridgehead atoms. The first-order valence-corrected chi connectivity index (χ1v) is 5.42. The number of hydrogen-bond acceptors (Lipinski definition) is 5. The van der Waals surface area contributed by atoms with Gasteiger partial charge in [-0.15, -0.1) is 0 Å². The highest BCUT2D eigenvalue weighted by molar-refractivity contribution is 5.48. The van der Waals surface area contributed by atoms with Crippen LogP contribution < -0.4 is 5.32 Å². The number of nitro groups is 1. The maximum Gasteiger partial charge on any atom is 0.290 e. The highest BCUT2D eigenvalue weighted by Crippen LogP contribution is 2.22. The van der Waals surface area contributed by atoms with E-state index in [1.807, 2.05) is 13.8 Å². The summed E-state index contributed by atoms with van der Waals surface area (Å²) in [7, 11) is 0. The van der Waals surface area contributed by atoms with Gasteiger partial charge < -0.3 is 10.4 Å². The van der Waals surface area contributed by atoms with Crippen LogP contribution in [0.5, 0.6) is 0 Å². The van der Waals surface area contributed by atoms with E-state index in [1.54, 1.807) is 13.0 Å². The van der Waals surface area contributed by atoms with Crippen molar-refractivity contribution in [1.29, 1.82) is 0 Å².